The highest BCUT2D eigenvalue weighted by atomic mass is 35.5. The molecule has 0 atom stereocenters. The Hall–Kier alpha value is -3.08. The maximum atomic E-state index is 13.3. The summed E-state index contributed by atoms with van der Waals surface area (Å²) in [5.74, 6) is -0.131. The Morgan fingerprint density at radius 1 is 0.941 bits per heavy atom. The first-order chi connectivity index (χ1) is 16.5. The average Bonchev–Trinajstić information content (AvgIpc) is 2.83. The summed E-state index contributed by atoms with van der Waals surface area (Å²) in [4.78, 5) is 26.1. The maximum Gasteiger partial charge on any atom is 0.343 e. The Morgan fingerprint density at radius 2 is 1.74 bits per heavy atom. The Bertz CT molecular complexity index is 1370. The first-order valence-electron chi connectivity index (χ1n) is 11.3. The van der Waals surface area contributed by atoms with Crippen LogP contribution in [-0.2, 0) is 6.42 Å². The number of fused-ring (bicyclic) bond motifs is 1. The largest absolute Gasteiger partial charge is 0.463 e. The fourth-order valence-corrected chi connectivity index (χ4v) is 4.15. The molecular formula is C28H24Cl2O4. The molecule has 0 radical (unpaired) electrons. The third-order valence-corrected chi connectivity index (χ3v) is 6.16. The fraction of sp³-hybridized carbons (Fsp3) is 0.214. The molecule has 0 amide bonds. The molecule has 0 aliphatic carbocycles. The lowest BCUT2D eigenvalue weighted by molar-refractivity contribution is 0.0733. The van der Waals surface area contributed by atoms with Gasteiger partial charge in [0.05, 0.1) is 16.5 Å². The van der Waals surface area contributed by atoms with E-state index in [1.807, 2.05) is 0 Å². The van der Waals surface area contributed by atoms with Crippen molar-refractivity contribution in [3.8, 4) is 16.9 Å². The van der Waals surface area contributed by atoms with Crippen molar-refractivity contribution in [2.45, 2.75) is 39.0 Å². The van der Waals surface area contributed by atoms with Gasteiger partial charge in [-0.3, -0.25) is 4.79 Å². The Balaban J connectivity index is 1.74. The van der Waals surface area contributed by atoms with Crippen LogP contribution in [0.1, 0.15) is 48.5 Å². The molecular weight excluding hydrogens is 471 g/mol. The van der Waals surface area contributed by atoms with Crippen LogP contribution in [0.5, 0.6) is 5.75 Å². The first-order valence-corrected chi connectivity index (χ1v) is 12.0. The summed E-state index contributed by atoms with van der Waals surface area (Å²) in [5.41, 5.74) is 2.52. The van der Waals surface area contributed by atoms with Gasteiger partial charge in [-0.1, -0.05) is 67.6 Å². The van der Waals surface area contributed by atoms with Gasteiger partial charge in [-0.15, -0.1) is 0 Å². The normalized spacial score (nSPS) is 11.0. The van der Waals surface area contributed by atoms with E-state index in [9.17, 15) is 9.59 Å². The lowest BCUT2D eigenvalue weighted by atomic mass is 10.0. The number of carbonyl (C=O) groups excluding carboxylic acids is 1. The second kappa shape index (κ2) is 10.9. The number of benzene rings is 3. The van der Waals surface area contributed by atoms with E-state index in [0.717, 1.165) is 36.8 Å². The van der Waals surface area contributed by atoms with Gasteiger partial charge in [0.2, 0.25) is 5.43 Å². The second-order valence-corrected chi connectivity index (χ2v) is 9.02. The fourth-order valence-electron chi connectivity index (χ4n) is 3.84. The third kappa shape index (κ3) is 5.52. The molecule has 4 rings (SSSR count). The van der Waals surface area contributed by atoms with Crippen LogP contribution < -0.4 is 10.2 Å². The van der Waals surface area contributed by atoms with Gasteiger partial charge in [-0.2, -0.15) is 0 Å². The van der Waals surface area contributed by atoms with Crippen LogP contribution in [0.25, 0.3) is 22.1 Å². The zero-order valence-corrected chi connectivity index (χ0v) is 20.3. The molecule has 4 aromatic rings. The van der Waals surface area contributed by atoms with Gasteiger partial charge >= 0.3 is 5.97 Å². The summed E-state index contributed by atoms with van der Waals surface area (Å²) in [6.07, 6.45) is 6.31. The highest BCUT2D eigenvalue weighted by molar-refractivity contribution is 6.31. The number of rotatable bonds is 8. The third-order valence-electron chi connectivity index (χ3n) is 5.67. The minimum atomic E-state index is -0.517. The summed E-state index contributed by atoms with van der Waals surface area (Å²) in [7, 11) is 0. The highest BCUT2D eigenvalue weighted by Crippen LogP contribution is 2.29. The minimum Gasteiger partial charge on any atom is -0.463 e. The molecule has 0 N–H and O–H groups in total. The Morgan fingerprint density at radius 3 is 2.47 bits per heavy atom. The van der Waals surface area contributed by atoms with Crippen LogP contribution in [0.3, 0.4) is 0 Å². The molecule has 3 aromatic carbocycles. The number of ether oxygens (including phenoxy) is 1. The monoisotopic (exact) mass is 494 g/mol. The smallest absolute Gasteiger partial charge is 0.343 e. The molecule has 34 heavy (non-hydrogen) atoms. The molecule has 0 fully saturated rings. The van der Waals surface area contributed by atoms with E-state index in [-0.39, 0.29) is 5.43 Å². The SMILES string of the molecule is CCCCCCc1cc2c(=O)c(-c3ccc(Cl)cc3)coc2cc1OC(=O)c1cccc(Cl)c1. The van der Waals surface area contributed by atoms with Gasteiger partial charge in [0.1, 0.15) is 17.6 Å². The summed E-state index contributed by atoms with van der Waals surface area (Å²) in [6, 6.07) is 17.0. The van der Waals surface area contributed by atoms with Crippen molar-refractivity contribution in [1.82, 2.24) is 0 Å². The van der Waals surface area contributed by atoms with Gasteiger partial charge in [0.15, 0.2) is 0 Å². The molecule has 174 valence electrons. The van der Waals surface area contributed by atoms with E-state index in [2.05, 4.69) is 6.92 Å². The van der Waals surface area contributed by atoms with Crippen LogP contribution in [0, 0.1) is 0 Å². The van der Waals surface area contributed by atoms with Crippen molar-refractivity contribution in [3.63, 3.8) is 0 Å². The highest BCUT2D eigenvalue weighted by Gasteiger charge is 2.17. The average molecular weight is 495 g/mol. The molecule has 4 nitrogen and oxygen atoms in total. The van der Waals surface area contributed by atoms with Crippen molar-refractivity contribution in [2.24, 2.45) is 0 Å². The van der Waals surface area contributed by atoms with E-state index >= 15 is 0 Å². The van der Waals surface area contributed by atoms with Crippen LogP contribution in [0.4, 0.5) is 0 Å². The van der Waals surface area contributed by atoms with Gasteiger partial charge in [0.25, 0.3) is 0 Å². The van der Waals surface area contributed by atoms with Crippen LogP contribution in [-0.4, -0.2) is 5.97 Å². The maximum absolute atomic E-state index is 13.3. The number of hydrogen-bond donors (Lipinski definition) is 0. The number of carbonyl (C=O) groups is 1. The number of halogens is 2. The number of esters is 1. The van der Waals surface area contributed by atoms with Gasteiger partial charge in [-0.25, -0.2) is 4.79 Å². The predicted molar refractivity (Wildman–Crippen MR) is 137 cm³/mol. The molecule has 0 bridgehead atoms. The van der Waals surface area contributed by atoms with Crippen LogP contribution in [0.15, 0.2) is 76.1 Å². The van der Waals surface area contributed by atoms with Crippen LogP contribution >= 0.6 is 23.2 Å². The van der Waals surface area contributed by atoms with E-state index in [4.69, 9.17) is 32.4 Å². The molecule has 6 heteroatoms. The predicted octanol–water partition coefficient (Wildman–Crippen LogP) is 8.11. The zero-order chi connectivity index (χ0) is 24.1. The molecule has 0 aliphatic rings. The van der Waals surface area contributed by atoms with E-state index in [1.54, 1.807) is 60.7 Å². The van der Waals surface area contributed by atoms with Crippen LogP contribution in [0.2, 0.25) is 10.0 Å². The molecule has 0 unspecified atom stereocenters. The van der Waals surface area contributed by atoms with Crippen molar-refractivity contribution >= 4 is 40.1 Å². The quantitative estimate of drug-likeness (QED) is 0.141. The topological polar surface area (TPSA) is 56.5 Å². The summed E-state index contributed by atoms with van der Waals surface area (Å²) in [5, 5.41) is 1.49. The zero-order valence-electron chi connectivity index (χ0n) is 18.8. The summed E-state index contributed by atoms with van der Waals surface area (Å²) >= 11 is 12.0. The van der Waals surface area contributed by atoms with Crippen molar-refractivity contribution in [1.29, 1.82) is 0 Å². The molecule has 1 aromatic heterocycles. The lowest BCUT2D eigenvalue weighted by Crippen LogP contribution is -2.11. The number of aryl methyl sites for hydroxylation is 1. The number of hydrogen-bond acceptors (Lipinski definition) is 4. The van der Waals surface area contributed by atoms with Gasteiger partial charge < -0.3 is 9.15 Å². The lowest BCUT2D eigenvalue weighted by Gasteiger charge is -2.12. The van der Waals surface area contributed by atoms with E-state index in [1.165, 1.54) is 6.26 Å². The van der Waals surface area contributed by atoms with Gasteiger partial charge in [-0.05, 0) is 60.4 Å². The first kappa shape index (κ1) is 24.1. The standard InChI is InChI=1S/C28H24Cl2O4/c1-2-3-4-5-7-19-15-23-26(16-25(19)34-28(32)20-8-6-9-22(30)14-20)33-17-24(27(23)31)18-10-12-21(29)13-11-18/h6,8-17H,2-5,7H2,1H3. The molecule has 0 saturated carbocycles. The van der Waals surface area contributed by atoms with E-state index < -0.39 is 5.97 Å². The minimum absolute atomic E-state index is 0.147. The van der Waals surface area contributed by atoms with Crippen molar-refractivity contribution in [3.05, 3.63) is 98.3 Å². The number of unbranched alkanes of at least 4 members (excludes halogenated alkanes) is 3. The summed E-state index contributed by atoms with van der Waals surface area (Å²) < 4.78 is 11.6. The van der Waals surface area contributed by atoms with Crippen molar-refractivity contribution in [2.75, 3.05) is 0 Å². The molecule has 0 aliphatic heterocycles. The molecule has 0 saturated heterocycles. The second-order valence-electron chi connectivity index (χ2n) is 8.15. The van der Waals surface area contributed by atoms with Gasteiger partial charge in [0, 0.05) is 16.1 Å². The van der Waals surface area contributed by atoms with E-state index in [0.29, 0.717) is 44.3 Å². The molecule has 1 heterocycles. The molecule has 0 spiro atoms. The Labute approximate surface area is 208 Å². The Kier molecular flexibility index (Phi) is 7.71. The van der Waals surface area contributed by atoms with Crippen molar-refractivity contribution < 1.29 is 13.9 Å². The summed E-state index contributed by atoms with van der Waals surface area (Å²) in [6.45, 7) is 2.15.